The number of nitrogens with zero attached hydrogens (tertiary/aromatic N) is 3. The molecular formula is C22H20N4O6S. The van der Waals surface area contributed by atoms with E-state index in [-0.39, 0.29) is 29.2 Å². The molecular weight excluding hydrogens is 448 g/mol. The Morgan fingerprint density at radius 3 is 2.58 bits per heavy atom. The van der Waals surface area contributed by atoms with Gasteiger partial charge in [-0.05, 0) is 42.0 Å². The summed E-state index contributed by atoms with van der Waals surface area (Å²) in [5, 5.41) is 12.5. The minimum Gasteiger partial charge on any atom is -0.454 e. The SMILES string of the molecule is N#Cc1nc(-c2ccc(S(=O)(=O)N3CCOCC3)cc2)oc1NCc1ccc2c(c1)OCO2. The van der Waals surface area contributed by atoms with Crippen LogP contribution in [0.5, 0.6) is 11.5 Å². The van der Waals surface area contributed by atoms with Gasteiger partial charge in [0.2, 0.25) is 34.3 Å². The smallest absolute Gasteiger partial charge is 0.243 e. The Labute approximate surface area is 190 Å². The van der Waals surface area contributed by atoms with Crippen LogP contribution in [0.2, 0.25) is 0 Å². The minimum atomic E-state index is -3.59. The first kappa shape index (κ1) is 21.3. The summed E-state index contributed by atoms with van der Waals surface area (Å²) >= 11 is 0. The number of hydrogen-bond donors (Lipinski definition) is 1. The number of fused-ring (bicyclic) bond motifs is 1. The molecule has 5 rings (SSSR count). The van der Waals surface area contributed by atoms with Gasteiger partial charge in [0.05, 0.1) is 18.1 Å². The van der Waals surface area contributed by atoms with Gasteiger partial charge in [-0.2, -0.15) is 14.6 Å². The van der Waals surface area contributed by atoms with E-state index >= 15 is 0 Å². The van der Waals surface area contributed by atoms with Gasteiger partial charge >= 0.3 is 0 Å². The number of hydrogen-bond acceptors (Lipinski definition) is 9. The highest BCUT2D eigenvalue weighted by Crippen LogP contribution is 2.33. The topological polar surface area (TPSA) is 127 Å². The molecule has 1 saturated heterocycles. The number of nitriles is 1. The molecule has 1 aromatic heterocycles. The highest BCUT2D eigenvalue weighted by molar-refractivity contribution is 7.89. The molecule has 0 amide bonds. The van der Waals surface area contributed by atoms with Gasteiger partial charge in [0.15, 0.2) is 11.5 Å². The van der Waals surface area contributed by atoms with E-state index in [0.29, 0.717) is 49.9 Å². The molecule has 10 nitrogen and oxygen atoms in total. The summed E-state index contributed by atoms with van der Waals surface area (Å²) < 4.78 is 48.7. The van der Waals surface area contributed by atoms with Crippen LogP contribution >= 0.6 is 0 Å². The third kappa shape index (κ3) is 4.23. The average Bonchev–Trinajstić information content (AvgIpc) is 3.50. The van der Waals surface area contributed by atoms with Gasteiger partial charge in [-0.25, -0.2) is 8.42 Å². The Bertz CT molecular complexity index is 1310. The molecule has 0 radical (unpaired) electrons. The van der Waals surface area contributed by atoms with Crippen molar-refractivity contribution in [3.63, 3.8) is 0 Å². The number of morpholine rings is 1. The minimum absolute atomic E-state index is 0.107. The zero-order valence-corrected chi connectivity index (χ0v) is 18.3. The molecule has 0 saturated carbocycles. The van der Waals surface area contributed by atoms with E-state index in [4.69, 9.17) is 18.6 Å². The molecule has 33 heavy (non-hydrogen) atoms. The summed E-state index contributed by atoms with van der Waals surface area (Å²) in [6.07, 6.45) is 0. The number of rotatable bonds is 6. The van der Waals surface area contributed by atoms with Gasteiger partial charge in [-0.3, -0.25) is 0 Å². The maximum atomic E-state index is 12.8. The average molecular weight is 468 g/mol. The van der Waals surface area contributed by atoms with Crippen LogP contribution in [0.3, 0.4) is 0 Å². The van der Waals surface area contributed by atoms with E-state index < -0.39 is 10.0 Å². The normalized spacial score (nSPS) is 15.8. The Kier molecular flexibility index (Phi) is 5.63. The van der Waals surface area contributed by atoms with E-state index in [1.807, 2.05) is 24.3 Å². The van der Waals surface area contributed by atoms with Gasteiger partial charge in [0, 0.05) is 25.2 Å². The molecule has 170 valence electrons. The molecule has 2 aromatic carbocycles. The fourth-order valence-electron chi connectivity index (χ4n) is 3.58. The zero-order chi connectivity index (χ0) is 22.8. The summed E-state index contributed by atoms with van der Waals surface area (Å²) in [4.78, 5) is 4.42. The van der Waals surface area contributed by atoms with Crippen LogP contribution in [-0.2, 0) is 21.3 Å². The third-order valence-electron chi connectivity index (χ3n) is 5.33. The summed E-state index contributed by atoms with van der Waals surface area (Å²) in [6, 6.07) is 13.8. The zero-order valence-electron chi connectivity index (χ0n) is 17.5. The third-order valence-corrected chi connectivity index (χ3v) is 7.25. The van der Waals surface area contributed by atoms with E-state index in [1.54, 1.807) is 12.1 Å². The molecule has 11 heteroatoms. The molecule has 0 bridgehead atoms. The first-order valence-electron chi connectivity index (χ1n) is 10.3. The molecule has 1 N–H and O–H groups in total. The predicted octanol–water partition coefficient (Wildman–Crippen LogP) is 2.57. The number of anilines is 1. The molecule has 3 aromatic rings. The summed E-state index contributed by atoms with van der Waals surface area (Å²) in [5.74, 6) is 1.81. The van der Waals surface area contributed by atoms with Crippen molar-refractivity contribution in [2.24, 2.45) is 0 Å². The van der Waals surface area contributed by atoms with Crippen LogP contribution in [0.15, 0.2) is 51.8 Å². The van der Waals surface area contributed by atoms with Crippen molar-refractivity contribution in [3.05, 3.63) is 53.7 Å². The van der Waals surface area contributed by atoms with Crippen LogP contribution < -0.4 is 14.8 Å². The van der Waals surface area contributed by atoms with Crippen molar-refractivity contribution < 1.29 is 27.0 Å². The Morgan fingerprint density at radius 1 is 1.06 bits per heavy atom. The van der Waals surface area contributed by atoms with Crippen molar-refractivity contribution in [2.45, 2.75) is 11.4 Å². The van der Waals surface area contributed by atoms with Crippen LogP contribution in [0, 0.1) is 11.3 Å². The summed E-state index contributed by atoms with van der Waals surface area (Å²) in [7, 11) is -3.59. The molecule has 0 spiro atoms. The van der Waals surface area contributed by atoms with Crippen LogP contribution in [0.4, 0.5) is 5.88 Å². The fraction of sp³-hybridized carbons (Fsp3) is 0.273. The second kappa shape index (κ2) is 8.74. The van der Waals surface area contributed by atoms with Gasteiger partial charge in [-0.15, -0.1) is 0 Å². The summed E-state index contributed by atoms with van der Waals surface area (Å²) in [6.45, 7) is 2.00. The fourth-order valence-corrected chi connectivity index (χ4v) is 4.99. The second-order valence-electron chi connectivity index (χ2n) is 7.39. The largest absolute Gasteiger partial charge is 0.454 e. The van der Waals surface area contributed by atoms with Crippen molar-refractivity contribution in [1.29, 1.82) is 5.26 Å². The molecule has 0 aliphatic carbocycles. The van der Waals surface area contributed by atoms with Crippen molar-refractivity contribution in [2.75, 3.05) is 38.4 Å². The van der Waals surface area contributed by atoms with Gasteiger partial charge in [0.25, 0.3) is 0 Å². The lowest BCUT2D eigenvalue weighted by Crippen LogP contribution is -2.40. The lowest BCUT2D eigenvalue weighted by atomic mass is 10.2. The maximum absolute atomic E-state index is 12.8. The van der Waals surface area contributed by atoms with E-state index in [9.17, 15) is 13.7 Å². The number of benzene rings is 2. The highest BCUT2D eigenvalue weighted by Gasteiger charge is 2.26. The molecule has 0 atom stereocenters. The highest BCUT2D eigenvalue weighted by atomic mass is 32.2. The lowest BCUT2D eigenvalue weighted by molar-refractivity contribution is 0.0730. The monoisotopic (exact) mass is 468 g/mol. The second-order valence-corrected chi connectivity index (χ2v) is 9.33. The quantitative estimate of drug-likeness (QED) is 0.581. The molecule has 1 fully saturated rings. The van der Waals surface area contributed by atoms with Gasteiger partial charge in [-0.1, -0.05) is 6.07 Å². The van der Waals surface area contributed by atoms with Gasteiger partial charge in [0.1, 0.15) is 6.07 Å². The Hall–Kier alpha value is -3.59. The van der Waals surface area contributed by atoms with Crippen LogP contribution in [-0.4, -0.2) is 50.8 Å². The van der Waals surface area contributed by atoms with Crippen molar-refractivity contribution in [3.8, 4) is 29.0 Å². The number of oxazole rings is 1. The molecule has 3 heterocycles. The molecule has 2 aliphatic rings. The number of sulfonamides is 1. The summed E-state index contributed by atoms with van der Waals surface area (Å²) in [5.41, 5.74) is 1.58. The van der Waals surface area contributed by atoms with E-state index in [1.165, 1.54) is 16.4 Å². The standard InChI is InChI=1S/C22H20N4O6S/c23-12-18-22(24-13-15-1-6-19-20(11-15)31-14-30-19)32-21(25-18)16-2-4-17(5-3-16)33(27,28)26-7-9-29-10-8-26/h1-6,11,24H,7-10,13-14H2. The van der Waals surface area contributed by atoms with Crippen LogP contribution in [0.1, 0.15) is 11.3 Å². The van der Waals surface area contributed by atoms with Crippen molar-refractivity contribution >= 4 is 15.9 Å². The number of ether oxygens (including phenoxy) is 3. The molecule has 0 unspecified atom stereocenters. The Morgan fingerprint density at radius 2 is 1.82 bits per heavy atom. The maximum Gasteiger partial charge on any atom is 0.243 e. The predicted molar refractivity (Wildman–Crippen MR) is 116 cm³/mol. The Balaban J connectivity index is 1.32. The van der Waals surface area contributed by atoms with Gasteiger partial charge < -0.3 is 23.9 Å². The van der Waals surface area contributed by atoms with E-state index in [2.05, 4.69) is 10.3 Å². The lowest BCUT2D eigenvalue weighted by Gasteiger charge is -2.26. The number of aromatic nitrogens is 1. The number of nitrogens with one attached hydrogen (secondary N) is 1. The van der Waals surface area contributed by atoms with E-state index in [0.717, 1.165) is 5.56 Å². The van der Waals surface area contributed by atoms with Crippen LogP contribution in [0.25, 0.3) is 11.5 Å². The van der Waals surface area contributed by atoms with Crippen molar-refractivity contribution in [1.82, 2.24) is 9.29 Å². The first-order chi connectivity index (χ1) is 16.0. The first-order valence-corrected chi connectivity index (χ1v) is 11.7. The molecule has 2 aliphatic heterocycles.